The molecule has 4 aromatic rings. The number of nitrogens with one attached hydrogen (secondary N) is 1. The number of rotatable bonds is 8. The van der Waals surface area contributed by atoms with Gasteiger partial charge in [0.25, 0.3) is 5.91 Å². The number of amides is 1. The number of aliphatic carboxylic acids is 1. The summed E-state index contributed by atoms with van der Waals surface area (Å²) in [5, 5.41) is 12.7. The van der Waals surface area contributed by atoms with E-state index in [1.54, 1.807) is 36.4 Å². The van der Waals surface area contributed by atoms with Crippen molar-refractivity contribution in [2.75, 3.05) is 13.2 Å². The summed E-state index contributed by atoms with van der Waals surface area (Å²) in [7, 11) is 0. The van der Waals surface area contributed by atoms with Crippen molar-refractivity contribution in [2.45, 2.75) is 18.8 Å². The second kappa shape index (κ2) is 13.2. The standard InChI is InChI=1S/C31H26ClNO5.Na.H/c32-27-18-26-25(31(35)36)15-17-37-28(26)19-29(27)38-23-12-10-22(11-13-23)30(34)33-16-14-21-8-4-5-9-24(21)20-6-2-1-3-7-20;;/h1-13,18-19,25H,14-17H2,(H,33,34)(H,35,36);;. The number of benzene rings is 4. The van der Waals surface area contributed by atoms with Gasteiger partial charge in [-0.25, -0.2) is 0 Å². The van der Waals surface area contributed by atoms with Gasteiger partial charge >= 0.3 is 35.5 Å². The number of fused-ring (bicyclic) bond motifs is 1. The molecule has 0 radical (unpaired) electrons. The van der Waals surface area contributed by atoms with E-state index in [0.717, 1.165) is 11.1 Å². The van der Waals surface area contributed by atoms with E-state index in [2.05, 4.69) is 29.6 Å². The van der Waals surface area contributed by atoms with Crippen molar-refractivity contribution in [2.24, 2.45) is 0 Å². The number of carboxylic acid groups (broad SMARTS) is 1. The fourth-order valence-electron chi connectivity index (χ4n) is 4.58. The van der Waals surface area contributed by atoms with Gasteiger partial charge in [-0.1, -0.05) is 66.2 Å². The zero-order valence-electron chi connectivity index (χ0n) is 20.5. The van der Waals surface area contributed by atoms with Gasteiger partial charge in [-0.15, -0.1) is 0 Å². The zero-order valence-corrected chi connectivity index (χ0v) is 21.3. The van der Waals surface area contributed by atoms with Crippen LogP contribution in [0.5, 0.6) is 17.2 Å². The van der Waals surface area contributed by atoms with Crippen LogP contribution in [0.3, 0.4) is 0 Å². The number of hydrogen-bond donors (Lipinski definition) is 2. The van der Waals surface area contributed by atoms with E-state index in [0.29, 0.717) is 54.4 Å². The molecule has 1 unspecified atom stereocenters. The molecule has 0 bridgehead atoms. The van der Waals surface area contributed by atoms with Crippen LogP contribution in [0.1, 0.15) is 33.8 Å². The van der Waals surface area contributed by atoms with Crippen molar-refractivity contribution in [3.8, 4) is 28.4 Å². The third kappa shape index (κ3) is 6.84. The van der Waals surface area contributed by atoms with Gasteiger partial charge in [0.15, 0.2) is 0 Å². The summed E-state index contributed by atoms with van der Waals surface area (Å²) in [4.78, 5) is 24.3. The van der Waals surface area contributed by atoms with E-state index >= 15 is 0 Å². The first-order valence-electron chi connectivity index (χ1n) is 12.4. The summed E-state index contributed by atoms with van der Waals surface area (Å²) in [6.07, 6.45) is 1.10. The molecule has 2 N–H and O–H groups in total. The maximum absolute atomic E-state index is 12.7. The molecule has 0 fully saturated rings. The number of hydrogen-bond acceptors (Lipinski definition) is 4. The molecule has 0 aliphatic carbocycles. The fraction of sp³-hybridized carbons (Fsp3) is 0.161. The van der Waals surface area contributed by atoms with E-state index in [1.165, 1.54) is 5.56 Å². The second-order valence-corrected chi connectivity index (χ2v) is 9.41. The molecule has 1 heterocycles. The quantitative estimate of drug-likeness (QED) is 0.259. The van der Waals surface area contributed by atoms with Crippen LogP contribution in [0.25, 0.3) is 11.1 Å². The average molecular weight is 552 g/mol. The summed E-state index contributed by atoms with van der Waals surface area (Å²) >= 11 is 6.38. The Morgan fingerprint density at radius 2 is 1.69 bits per heavy atom. The minimum atomic E-state index is -0.909. The van der Waals surface area contributed by atoms with Crippen molar-refractivity contribution < 1.29 is 24.2 Å². The van der Waals surface area contributed by atoms with Gasteiger partial charge in [0.05, 0.1) is 17.5 Å². The molecular formula is C31H27ClNNaO5. The third-order valence-corrected chi connectivity index (χ3v) is 6.82. The van der Waals surface area contributed by atoms with Gasteiger partial charge in [-0.2, -0.15) is 0 Å². The molecule has 1 aliphatic heterocycles. The first-order chi connectivity index (χ1) is 18.5. The van der Waals surface area contributed by atoms with Crippen LogP contribution in [-0.2, 0) is 11.2 Å². The summed E-state index contributed by atoms with van der Waals surface area (Å²) < 4.78 is 11.5. The Hall–Kier alpha value is -3.29. The van der Waals surface area contributed by atoms with Crippen LogP contribution in [0.15, 0.2) is 91.0 Å². The van der Waals surface area contributed by atoms with E-state index in [4.69, 9.17) is 21.1 Å². The summed E-state index contributed by atoms with van der Waals surface area (Å²) in [6.45, 7) is 0.815. The Morgan fingerprint density at radius 1 is 0.974 bits per heavy atom. The fourth-order valence-corrected chi connectivity index (χ4v) is 4.79. The number of carboxylic acids is 1. The first kappa shape index (κ1) is 28.7. The van der Waals surface area contributed by atoms with Crippen LogP contribution in [0, 0.1) is 0 Å². The molecular weight excluding hydrogens is 525 g/mol. The summed E-state index contributed by atoms with van der Waals surface area (Å²) in [5.74, 6) is -0.443. The van der Waals surface area contributed by atoms with E-state index in [1.807, 2.05) is 30.3 Å². The van der Waals surface area contributed by atoms with Crippen molar-refractivity contribution in [1.29, 1.82) is 0 Å². The third-order valence-electron chi connectivity index (χ3n) is 6.53. The summed E-state index contributed by atoms with van der Waals surface area (Å²) in [6, 6.07) is 28.3. The topological polar surface area (TPSA) is 84.9 Å². The number of carbonyl (C=O) groups is 2. The molecule has 6 nitrogen and oxygen atoms in total. The van der Waals surface area contributed by atoms with Crippen molar-refractivity contribution in [3.05, 3.63) is 113 Å². The molecule has 5 rings (SSSR count). The number of halogens is 1. The Kier molecular flexibility index (Phi) is 9.70. The Morgan fingerprint density at radius 3 is 2.44 bits per heavy atom. The molecule has 0 saturated carbocycles. The van der Waals surface area contributed by atoms with Gasteiger partial charge in [0, 0.05) is 23.7 Å². The van der Waals surface area contributed by atoms with Gasteiger partial charge < -0.3 is 19.9 Å². The molecule has 1 amide bonds. The van der Waals surface area contributed by atoms with Crippen molar-refractivity contribution in [3.63, 3.8) is 0 Å². The average Bonchev–Trinajstić information content (AvgIpc) is 2.94. The molecule has 0 aromatic heterocycles. The predicted octanol–water partition coefficient (Wildman–Crippen LogP) is 6.07. The molecule has 1 atom stereocenters. The van der Waals surface area contributed by atoms with E-state index in [-0.39, 0.29) is 40.5 Å². The van der Waals surface area contributed by atoms with Crippen LogP contribution >= 0.6 is 11.6 Å². The molecule has 39 heavy (non-hydrogen) atoms. The first-order valence-corrected chi connectivity index (χ1v) is 12.8. The van der Waals surface area contributed by atoms with E-state index in [9.17, 15) is 14.7 Å². The Bertz CT molecular complexity index is 1460. The normalized spacial score (nSPS) is 13.8. The van der Waals surface area contributed by atoms with Gasteiger partial charge in [-0.05, 0) is 59.9 Å². The maximum atomic E-state index is 12.7. The van der Waals surface area contributed by atoms with Gasteiger partial charge in [0.1, 0.15) is 17.2 Å². The van der Waals surface area contributed by atoms with E-state index < -0.39 is 11.9 Å². The Balaban J connectivity index is 0.00000353. The molecule has 8 heteroatoms. The molecule has 1 aliphatic rings. The van der Waals surface area contributed by atoms with Gasteiger partial charge in [0.2, 0.25) is 0 Å². The Labute approximate surface area is 254 Å². The van der Waals surface area contributed by atoms with Crippen LogP contribution < -0.4 is 14.8 Å². The predicted molar refractivity (Wildman–Crippen MR) is 154 cm³/mol. The SMILES string of the molecule is O=C(NCCc1ccccc1-c1ccccc1)c1ccc(Oc2cc3c(cc2Cl)C(C(=O)O)CCO3)cc1.[NaH]. The molecule has 194 valence electrons. The summed E-state index contributed by atoms with van der Waals surface area (Å²) in [5.41, 5.74) is 4.53. The molecule has 0 spiro atoms. The monoisotopic (exact) mass is 551 g/mol. The molecule has 0 saturated heterocycles. The van der Waals surface area contributed by atoms with Crippen LogP contribution in [0.2, 0.25) is 5.02 Å². The van der Waals surface area contributed by atoms with Crippen LogP contribution in [0.4, 0.5) is 0 Å². The minimum absolute atomic E-state index is 0. The van der Waals surface area contributed by atoms with Crippen molar-refractivity contribution >= 4 is 53.0 Å². The van der Waals surface area contributed by atoms with Crippen LogP contribution in [-0.4, -0.2) is 59.7 Å². The second-order valence-electron chi connectivity index (χ2n) is 9.00. The molecule has 4 aromatic carbocycles. The number of ether oxygens (including phenoxy) is 2. The zero-order chi connectivity index (χ0) is 26.5. The van der Waals surface area contributed by atoms with Gasteiger partial charge in [-0.3, -0.25) is 9.59 Å². The number of carbonyl (C=O) groups excluding carboxylic acids is 1. The van der Waals surface area contributed by atoms with Crippen molar-refractivity contribution in [1.82, 2.24) is 5.32 Å².